The highest BCUT2D eigenvalue weighted by Gasteiger charge is 2.15. The van der Waals surface area contributed by atoms with Crippen molar-refractivity contribution in [1.82, 2.24) is 10.4 Å². The number of aromatic nitrogens is 1. The molecule has 1 aromatic heterocycles. The summed E-state index contributed by atoms with van der Waals surface area (Å²) in [7, 11) is 1.56. The molecule has 0 aliphatic carbocycles. The van der Waals surface area contributed by atoms with Crippen LogP contribution in [0.25, 0.3) is 0 Å². The average Bonchev–Trinajstić information content (AvgIpc) is 2.48. The third kappa shape index (κ3) is 3.53. The van der Waals surface area contributed by atoms with Gasteiger partial charge in [-0.05, 0) is 30.2 Å². The zero-order chi connectivity index (χ0) is 14.5. The molecular formula is C14H15BrFN3O. The van der Waals surface area contributed by atoms with E-state index < -0.39 is 0 Å². The van der Waals surface area contributed by atoms with Crippen LogP contribution in [0.1, 0.15) is 17.2 Å². The molecule has 1 aromatic carbocycles. The Morgan fingerprint density at radius 2 is 2.20 bits per heavy atom. The summed E-state index contributed by atoms with van der Waals surface area (Å²) in [5, 5.41) is 0. The topological polar surface area (TPSA) is 60.2 Å². The second-order valence-electron chi connectivity index (χ2n) is 4.30. The number of hydrogen-bond donors (Lipinski definition) is 2. The fraction of sp³-hybridized carbons (Fsp3) is 0.214. The number of benzene rings is 1. The van der Waals surface area contributed by atoms with Crippen LogP contribution in [-0.4, -0.2) is 12.1 Å². The van der Waals surface area contributed by atoms with Crippen molar-refractivity contribution >= 4 is 15.9 Å². The van der Waals surface area contributed by atoms with Crippen molar-refractivity contribution in [1.29, 1.82) is 0 Å². The van der Waals surface area contributed by atoms with Crippen LogP contribution < -0.4 is 16.0 Å². The smallest absolute Gasteiger partial charge is 0.212 e. The molecule has 3 N–H and O–H groups in total. The SMILES string of the molecule is COc1ccc(CC(NN)c2cc(Br)ccc2F)cn1. The maximum atomic E-state index is 13.9. The predicted octanol–water partition coefficient (Wildman–Crippen LogP) is 2.74. The van der Waals surface area contributed by atoms with Crippen LogP contribution in [0.3, 0.4) is 0 Å². The van der Waals surface area contributed by atoms with Gasteiger partial charge in [-0.15, -0.1) is 0 Å². The lowest BCUT2D eigenvalue weighted by atomic mass is 10.00. The van der Waals surface area contributed by atoms with Crippen LogP contribution in [0.2, 0.25) is 0 Å². The number of hydrazine groups is 1. The summed E-state index contributed by atoms with van der Waals surface area (Å²) in [4.78, 5) is 4.12. The van der Waals surface area contributed by atoms with Gasteiger partial charge < -0.3 is 4.74 Å². The summed E-state index contributed by atoms with van der Waals surface area (Å²) in [5.74, 6) is 5.80. The number of hydrogen-bond acceptors (Lipinski definition) is 4. The maximum absolute atomic E-state index is 13.9. The summed E-state index contributed by atoms with van der Waals surface area (Å²) in [6, 6.07) is 8.10. The number of nitrogens with two attached hydrogens (primary N) is 1. The summed E-state index contributed by atoms with van der Waals surface area (Å²) in [5.41, 5.74) is 4.09. The van der Waals surface area contributed by atoms with Gasteiger partial charge in [0.25, 0.3) is 0 Å². The second-order valence-corrected chi connectivity index (χ2v) is 5.21. The molecule has 6 heteroatoms. The molecule has 0 spiro atoms. The van der Waals surface area contributed by atoms with E-state index >= 15 is 0 Å². The summed E-state index contributed by atoms with van der Waals surface area (Å²) < 4.78 is 19.7. The molecule has 0 aliphatic rings. The van der Waals surface area contributed by atoms with E-state index in [2.05, 4.69) is 26.3 Å². The largest absolute Gasteiger partial charge is 0.481 e. The lowest BCUT2D eigenvalue weighted by Gasteiger charge is -2.17. The number of pyridine rings is 1. The van der Waals surface area contributed by atoms with Gasteiger partial charge in [0.05, 0.1) is 13.2 Å². The minimum Gasteiger partial charge on any atom is -0.481 e. The number of halogens is 2. The molecule has 4 nitrogen and oxygen atoms in total. The van der Waals surface area contributed by atoms with Crippen molar-refractivity contribution in [3.8, 4) is 5.88 Å². The zero-order valence-corrected chi connectivity index (χ0v) is 12.5. The van der Waals surface area contributed by atoms with Gasteiger partial charge in [-0.25, -0.2) is 9.37 Å². The molecule has 106 valence electrons. The van der Waals surface area contributed by atoms with Gasteiger partial charge in [-0.1, -0.05) is 22.0 Å². The standard InChI is InChI=1S/C14H15BrFN3O/c1-20-14-5-2-9(8-18-14)6-13(19-17)11-7-10(15)3-4-12(11)16/h2-5,7-8,13,19H,6,17H2,1H3. The number of rotatable bonds is 5. The molecule has 0 amide bonds. The normalized spacial score (nSPS) is 12.2. The van der Waals surface area contributed by atoms with Crippen molar-refractivity contribution in [3.63, 3.8) is 0 Å². The highest BCUT2D eigenvalue weighted by Crippen LogP contribution is 2.24. The fourth-order valence-electron chi connectivity index (χ4n) is 1.93. The molecule has 20 heavy (non-hydrogen) atoms. The zero-order valence-electron chi connectivity index (χ0n) is 10.9. The van der Waals surface area contributed by atoms with Crippen LogP contribution in [0.5, 0.6) is 5.88 Å². The minimum atomic E-state index is -0.331. The van der Waals surface area contributed by atoms with Crippen molar-refractivity contribution < 1.29 is 9.13 Å². The van der Waals surface area contributed by atoms with E-state index in [0.717, 1.165) is 10.0 Å². The van der Waals surface area contributed by atoms with Crippen LogP contribution in [-0.2, 0) is 6.42 Å². The molecule has 1 unspecified atom stereocenters. The van der Waals surface area contributed by atoms with E-state index in [1.54, 1.807) is 31.5 Å². The summed E-state index contributed by atoms with van der Waals surface area (Å²) >= 11 is 3.33. The first-order chi connectivity index (χ1) is 9.63. The van der Waals surface area contributed by atoms with E-state index in [4.69, 9.17) is 10.6 Å². The van der Waals surface area contributed by atoms with Gasteiger partial charge in [0.1, 0.15) is 5.82 Å². The van der Waals surface area contributed by atoms with E-state index in [-0.39, 0.29) is 11.9 Å². The van der Waals surface area contributed by atoms with Gasteiger partial charge >= 0.3 is 0 Å². The van der Waals surface area contributed by atoms with Gasteiger partial charge in [0.15, 0.2) is 0 Å². The molecule has 1 atom stereocenters. The number of nitrogens with one attached hydrogen (secondary N) is 1. The fourth-order valence-corrected chi connectivity index (χ4v) is 2.31. The van der Waals surface area contributed by atoms with Crippen LogP contribution >= 0.6 is 15.9 Å². The number of ether oxygens (including phenoxy) is 1. The van der Waals surface area contributed by atoms with E-state index in [1.165, 1.54) is 6.07 Å². The lowest BCUT2D eigenvalue weighted by Crippen LogP contribution is -2.30. The maximum Gasteiger partial charge on any atom is 0.212 e. The van der Waals surface area contributed by atoms with Gasteiger partial charge in [-0.2, -0.15) is 0 Å². The predicted molar refractivity (Wildman–Crippen MR) is 78.7 cm³/mol. The molecule has 2 aromatic rings. The molecule has 0 radical (unpaired) electrons. The first kappa shape index (κ1) is 14.9. The van der Waals surface area contributed by atoms with Gasteiger partial charge in [-0.3, -0.25) is 11.3 Å². The van der Waals surface area contributed by atoms with E-state index in [9.17, 15) is 4.39 Å². The second kappa shape index (κ2) is 6.78. The van der Waals surface area contributed by atoms with Crippen LogP contribution in [0.4, 0.5) is 4.39 Å². The van der Waals surface area contributed by atoms with Crippen LogP contribution in [0, 0.1) is 5.82 Å². The first-order valence-electron chi connectivity index (χ1n) is 6.04. The van der Waals surface area contributed by atoms with Crippen molar-refractivity contribution in [2.45, 2.75) is 12.5 Å². The van der Waals surface area contributed by atoms with Gasteiger partial charge in [0.2, 0.25) is 5.88 Å². The molecular weight excluding hydrogens is 325 g/mol. The van der Waals surface area contributed by atoms with Crippen LogP contribution in [0.15, 0.2) is 41.0 Å². The van der Waals surface area contributed by atoms with Crippen molar-refractivity contribution in [2.75, 3.05) is 7.11 Å². The average molecular weight is 340 g/mol. The third-order valence-corrected chi connectivity index (χ3v) is 3.47. The molecule has 1 heterocycles. The molecule has 0 fully saturated rings. The number of methoxy groups -OCH3 is 1. The Morgan fingerprint density at radius 3 is 2.80 bits per heavy atom. The summed E-state index contributed by atoms with van der Waals surface area (Å²) in [6.07, 6.45) is 2.22. The molecule has 2 rings (SSSR count). The quantitative estimate of drug-likeness (QED) is 0.649. The van der Waals surface area contributed by atoms with E-state index in [1.807, 2.05) is 6.07 Å². The Kier molecular flexibility index (Phi) is 5.05. The Hall–Kier alpha value is -1.50. The van der Waals surface area contributed by atoms with Crippen molar-refractivity contribution in [2.24, 2.45) is 5.84 Å². The van der Waals surface area contributed by atoms with Crippen molar-refractivity contribution in [3.05, 3.63) is 57.9 Å². The Labute approximate surface area is 125 Å². The first-order valence-corrected chi connectivity index (χ1v) is 6.83. The number of nitrogens with zero attached hydrogens (tertiary/aromatic N) is 1. The van der Waals surface area contributed by atoms with E-state index in [0.29, 0.717) is 17.9 Å². The third-order valence-electron chi connectivity index (χ3n) is 2.98. The molecule has 0 bridgehead atoms. The molecule has 0 saturated carbocycles. The highest BCUT2D eigenvalue weighted by atomic mass is 79.9. The minimum absolute atomic E-state index is 0.294. The molecule has 0 saturated heterocycles. The monoisotopic (exact) mass is 339 g/mol. The Bertz CT molecular complexity index is 577. The van der Waals surface area contributed by atoms with Gasteiger partial charge in [0, 0.05) is 22.3 Å². The Balaban J connectivity index is 2.21. The Morgan fingerprint density at radius 1 is 1.40 bits per heavy atom. The molecule has 0 aliphatic heterocycles. The highest BCUT2D eigenvalue weighted by molar-refractivity contribution is 9.10. The lowest BCUT2D eigenvalue weighted by molar-refractivity contribution is 0.397. The summed E-state index contributed by atoms with van der Waals surface area (Å²) in [6.45, 7) is 0.